The number of anilines is 1. The Morgan fingerprint density at radius 2 is 2.14 bits per heavy atom. The van der Waals surface area contributed by atoms with Crippen molar-refractivity contribution in [1.82, 2.24) is 14.6 Å². The lowest BCUT2D eigenvalue weighted by Gasteiger charge is -2.14. The lowest BCUT2D eigenvalue weighted by atomic mass is 10.4. The fourth-order valence-corrected chi connectivity index (χ4v) is 1.33. The topological polar surface area (TPSA) is 60.0 Å². The number of nitrogen functional groups attached to an aromatic ring is 1. The summed E-state index contributed by atoms with van der Waals surface area (Å²) in [7, 11) is 3.58. The largest absolute Gasteiger partial charge is 0.383 e. The molecule has 6 heteroatoms. The van der Waals surface area contributed by atoms with Crippen LogP contribution in [0.2, 0.25) is 0 Å². The molecule has 0 aromatic carbocycles. The van der Waals surface area contributed by atoms with Gasteiger partial charge in [0.2, 0.25) is 0 Å². The van der Waals surface area contributed by atoms with Crippen LogP contribution in [0.25, 0.3) is 11.0 Å². The molecule has 14 heavy (non-hydrogen) atoms. The number of aromatic nitrogens is 3. The van der Waals surface area contributed by atoms with Crippen LogP contribution in [0.3, 0.4) is 0 Å². The molecule has 0 atom stereocenters. The highest BCUT2D eigenvalue weighted by Crippen LogP contribution is 2.21. The highest BCUT2D eigenvalue weighted by Gasteiger charge is 2.13. The number of rotatable bonds is 1. The predicted octanol–water partition coefficient (Wildman–Crippen LogP) is 0.350. The maximum Gasteiger partial charge on any atom is 0.167 e. The second-order valence-electron chi connectivity index (χ2n) is 3.13. The summed E-state index contributed by atoms with van der Waals surface area (Å²) < 4.78 is 15.0. The van der Waals surface area contributed by atoms with Crippen LogP contribution in [-0.2, 0) is 0 Å². The molecule has 0 aliphatic carbocycles. The molecule has 2 aromatic heterocycles. The van der Waals surface area contributed by atoms with Gasteiger partial charge in [-0.15, -0.1) is 0 Å². The van der Waals surface area contributed by atoms with Crippen LogP contribution in [0.4, 0.5) is 10.2 Å². The quantitative estimate of drug-likeness (QED) is 0.713. The Labute approximate surface area is 79.9 Å². The van der Waals surface area contributed by atoms with Gasteiger partial charge in [-0.2, -0.15) is 0 Å². The average molecular weight is 195 g/mol. The summed E-state index contributed by atoms with van der Waals surface area (Å²) in [5.41, 5.74) is 6.02. The van der Waals surface area contributed by atoms with Gasteiger partial charge in [0.25, 0.3) is 0 Å². The summed E-state index contributed by atoms with van der Waals surface area (Å²) in [4.78, 5) is 7.71. The maximum absolute atomic E-state index is 13.4. The van der Waals surface area contributed by atoms with Crippen LogP contribution in [0, 0.1) is 5.82 Å². The Morgan fingerprint density at radius 3 is 2.79 bits per heavy atom. The van der Waals surface area contributed by atoms with Crippen LogP contribution in [0.5, 0.6) is 0 Å². The number of nitrogens with two attached hydrogens (primary N) is 1. The van der Waals surface area contributed by atoms with Crippen LogP contribution in [0.15, 0.2) is 12.5 Å². The summed E-state index contributed by atoms with van der Waals surface area (Å²) in [5.74, 6) is -0.250. The first-order chi connectivity index (χ1) is 6.61. The number of halogens is 1. The second-order valence-corrected chi connectivity index (χ2v) is 3.13. The summed E-state index contributed by atoms with van der Waals surface area (Å²) in [6.07, 6.45) is 2.65. The Kier molecular flexibility index (Phi) is 1.77. The SMILES string of the molecule is CN(C)n1cc(F)c2c(N)ncnc21. The van der Waals surface area contributed by atoms with Crippen molar-refractivity contribution >= 4 is 16.9 Å². The highest BCUT2D eigenvalue weighted by atomic mass is 19.1. The molecule has 2 N–H and O–H groups in total. The zero-order chi connectivity index (χ0) is 10.3. The molecule has 0 radical (unpaired) electrons. The molecule has 2 aromatic rings. The molecular formula is C8H10FN5. The lowest BCUT2D eigenvalue weighted by molar-refractivity contribution is 0.625. The van der Waals surface area contributed by atoms with E-state index in [-0.39, 0.29) is 11.2 Å². The van der Waals surface area contributed by atoms with Gasteiger partial charge >= 0.3 is 0 Å². The van der Waals surface area contributed by atoms with Crippen LogP contribution >= 0.6 is 0 Å². The second kappa shape index (κ2) is 2.83. The van der Waals surface area contributed by atoms with Crippen molar-refractivity contribution in [2.45, 2.75) is 0 Å². The molecule has 0 aliphatic heterocycles. The maximum atomic E-state index is 13.4. The Hall–Kier alpha value is -1.85. The zero-order valence-corrected chi connectivity index (χ0v) is 7.90. The summed E-state index contributed by atoms with van der Waals surface area (Å²) >= 11 is 0. The van der Waals surface area contributed by atoms with Gasteiger partial charge in [0.15, 0.2) is 11.5 Å². The smallest absolute Gasteiger partial charge is 0.167 e. The van der Waals surface area contributed by atoms with Crippen molar-refractivity contribution in [1.29, 1.82) is 0 Å². The van der Waals surface area contributed by atoms with E-state index in [0.29, 0.717) is 5.65 Å². The van der Waals surface area contributed by atoms with E-state index in [4.69, 9.17) is 5.73 Å². The Bertz CT molecular complexity index is 476. The fraction of sp³-hybridized carbons (Fsp3) is 0.250. The molecule has 0 unspecified atom stereocenters. The van der Waals surface area contributed by atoms with Crippen molar-refractivity contribution in [2.75, 3.05) is 24.8 Å². The van der Waals surface area contributed by atoms with Gasteiger partial charge in [0.1, 0.15) is 12.1 Å². The molecule has 5 nitrogen and oxygen atoms in total. The number of nitrogens with zero attached hydrogens (tertiary/aromatic N) is 4. The van der Waals surface area contributed by atoms with Gasteiger partial charge in [-0.3, -0.25) is 0 Å². The van der Waals surface area contributed by atoms with Gasteiger partial charge in [0, 0.05) is 14.1 Å². The Balaban J connectivity index is 2.84. The first-order valence-corrected chi connectivity index (χ1v) is 4.06. The van der Waals surface area contributed by atoms with E-state index < -0.39 is 5.82 Å². The first-order valence-electron chi connectivity index (χ1n) is 4.06. The van der Waals surface area contributed by atoms with Gasteiger partial charge in [-0.25, -0.2) is 19.0 Å². The van der Waals surface area contributed by atoms with E-state index >= 15 is 0 Å². The summed E-state index contributed by atoms with van der Waals surface area (Å²) in [6.45, 7) is 0. The highest BCUT2D eigenvalue weighted by molar-refractivity contribution is 5.86. The van der Waals surface area contributed by atoms with Gasteiger partial charge < -0.3 is 10.7 Å². The minimum atomic E-state index is -0.410. The van der Waals surface area contributed by atoms with Crippen LogP contribution in [-0.4, -0.2) is 28.7 Å². The standard InChI is InChI=1S/C8H10FN5/c1-13(2)14-3-5(9)6-7(10)11-4-12-8(6)14/h3-4H,1-2H3,(H2,10,11,12). The molecule has 0 fully saturated rings. The molecule has 0 aliphatic rings. The number of hydrogen-bond donors (Lipinski definition) is 1. The third kappa shape index (κ3) is 1.07. The van der Waals surface area contributed by atoms with E-state index in [2.05, 4.69) is 9.97 Å². The zero-order valence-electron chi connectivity index (χ0n) is 7.90. The minimum absolute atomic E-state index is 0.160. The number of fused-ring (bicyclic) bond motifs is 1. The van der Waals surface area contributed by atoms with Crippen molar-refractivity contribution in [3.63, 3.8) is 0 Å². The predicted molar refractivity (Wildman–Crippen MR) is 52.0 cm³/mol. The van der Waals surface area contributed by atoms with E-state index in [9.17, 15) is 4.39 Å². The molecule has 0 spiro atoms. The molecule has 0 saturated carbocycles. The first kappa shape index (κ1) is 8.74. The lowest BCUT2D eigenvalue weighted by Crippen LogP contribution is -2.23. The molecule has 2 rings (SSSR count). The molecule has 0 saturated heterocycles. The van der Waals surface area contributed by atoms with Crippen molar-refractivity contribution in [3.8, 4) is 0 Å². The molecule has 74 valence electrons. The van der Waals surface area contributed by atoms with Crippen molar-refractivity contribution in [3.05, 3.63) is 18.3 Å². The molecule has 0 bridgehead atoms. The minimum Gasteiger partial charge on any atom is -0.383 e. The van der Waals surface area contributed by atoms with Gasteiger partial charge in [-0.1, -0.05) is 0 Å². The summed E-state index contributed by atoms with van der Waals surface area (Å²) in [5, 5.41) is 1.97. The van der Waals surface area contributed by atoms with E-state index in [1.807, 2.05) is 0 Å². The van der Waals surface area contributed by atoms with E-state index in [1.165, 1.54) is 12.5 Å². The monoisotopic (exact) mass is 195 g/mol. The average Bonchev–Trinajstić information content (AvgIpc) is 2.45. The van der Waals surface area contributed by atoms with Crippen LogP contribution in [0.1, 0.15) is 0 Å². The van der Waals surface area contributed by atoms with E-state index in [1.54, 1.807) is 23.8 Å². The molecule has 0 amide bonds. The van der Waals surface area contributed by atoms with Gasteiger partial charge in [0.05, 0.1) is 11.6 Å². The van der Waals surface area contributed by atoms with Crippen molar-refractivity contribution < 1.29 is 4.39 Å². The van der Waals surface area contributed by atoms with Crippen LogP contribution < -0.4 is 10.7 Å². The van der Waals surface area contributed by atoms with E-state index in [0.717, 1.165) is 0 Å². The van der Waals surface area contributed by atoms with Gasteiger partial charge in [-0.05, 0) is 0 Å². The summed E-state index contributed by atoms with van der Waals surface area (Å²) in [6, 6.07) is 0. The Morgan fingerprint density at radius 1 is 1.43 bits per heavy atom. The molecular weight excluding hydrogens is 185 g/mol. The van der Waals surface area contributed by atoms with Crippen molar-refractivity contribution in [2.24, 2.45) is 0 Å². The molecule has 2 heterocycles. The normalized spacial score (nSPS) is 10.8. The fourth-order valence-electron chi connectivity index (χ4n) is 1.33. The number of hydrogen-bond acceptors (Lipinski definition) is 4. The third-order valence-electron chi connectivity index (χ3n) is 1.98. The third-order valence-corrected chi connectivity index (χ3v) is 1.98.